The van der Waals surface area contributed by atoms with Crippen molar-refractivity contribution in [3.8, 4) is 17.5 Å². The number of aromatic nitrogens is 3. The van der Waals surface area contributed by atoms with Gasteiger partial charge in [-0.25, -0.2) is 4.98 Å². The third kappa shape index (κ3) is 1.99. The molecular weight excluding hydrogens is 299 g/mol. The number of nitrogens with one attached hydrogen (secondary N) is 1. The second-order valence-electron chi connectivity index (χ2n) is 4.01. The highest BCUT2D eigenvalue weighted by Crippen LogP contribution is 2.40. The van der Waals surface area contributed by atoms with Crippen LogP contribution in [0.4, 0.5) is 0 Å². The van der Waals surface area contributed by atoms with Crippen molar-refractivity contribution in [2.75, 3.05) is 6.61 Å². The summed E-state index contributed by atoms with van der Waals surface area (Å²) in [5.74, 6) is 0.501. The van der Waals surface area contributed by atoms with E-state index in [2.05, 4.69) is 9.97 Å². The van der Waals surface area contributed by atoms with Crippen LogP contribution in [0.2, 0.25) is 10.0 Å². The summed E-state index contributed by atoms with van der Waals surface area (Å²) >= 11 is 12.3. The van der Waals surface area contributed by atoms with Crippen LogP contribution in [0.5, 0.6) is 5.75 Å². The lowest BCUT2D eigenvalue weighted by molar-refractivity contribution is 0.372. The number of hydrogen-bond donors (Lipinski definition) is 1. The fourth-order valence-electron chi connectivity index (χ4n) is 2.03. The minimum Gasteiger partial charge on any atom is -0.478 e. The molecule has 0 saturated heterocycles. The van der Waals surface area contributed by atoms with E-state index in [4.69, 9.17) is 33.2 Å². The number of fused-ring (bicyclic) bond motifs is 1. The van der Waals surface area contributed by atoms with Crippen molar-refractivity contribution in [2.45, 2.75) is 0 Å². The zero-order valence-electron chi connectivity index (χ0n) is 10.1. The summed E-state index contributed by atoms with van der Waals surface area (Å²) < 4.78 is 7.27. The second kappa shape index (κ2) is 5.08. The van der Waals surface area contributed by atoms with Crippen LogP contribution in [-0.4, -0.2) is 21.1 Å². The molecule has 2 aromatic heterocycles. The van der Waals surface area contributed by atoms with Crippen LogP contribution in [0.1, 0.15) is 0 Å². The Balaban J connectivity index is 2.28. The molecule has 3 aromatic rings. The van der Waals surface area contributed by atoms with E-state index >= 15 is 0 Å². The van der Waals surface area contributed by atoms with Gasteiger partial charge >= 0.3 is 0 Å². The fourth-order valence-corrected chi connectivity index (χ4v) is 2.43. The summed E-state index contributed by atoms with van der Waals surface area (Å²) in [5.41, 5.74) is 1.49. The molecule has 0 aliphatic heterocycles. The molecule has 1 N–H and O–H groups in total. The smallest absolute Gasteiger partial charge is 0.174 e. The molecule has 0 aliphatic carbocycles. The fraction of sp³-hybridized carbons (Fsp3) is 0.0769. The number of H-pyrrole nitrogens is 1. The van der Waals surface area contributed by atoms with E-state index in [1.165, 1.54) is 0 Å². The Morgan fingerprint density at radius 2 is 2.30 bits per heavy atom. The molecule has 100 valence electrons. The Morgan fingerprint density at radius 1 is 1.45 bits per heavy atom. The molecule has 0 fully saturated rings. The Labute approximate surface area is 124 Å². The van der Waals surface area contributed by atoms with Gasteiger partial charge in [-0.1, -0.05) is 23.2 Å². The van der Waals surface area contributed by atoms with Gasteiger partial charge in [-0.05, 0) is 0 Å². The van der Waals surface area contributed by atoms with Crippen LogP contribution in [-0.2, 0) is 0 Å². The van der Waals surface area contributed by atoms with Crippen LogP contribution < -0.4 is 4.74 Å². The van der Waals surface area contributed by atoms with E-state index < -0.39 is 0 Å². The van der Waals surface area contributed by atoms with E-state index in [9.17, 15) is 0 Å². The lowest BCUT2D eigenvalue weighted by Gasteiger charge is -2.08. The zero-order chi connectivity index (χ0) is 14.1. The van der Waals surface area contributed by atoms with Gasteiger partial charge in [0.1, 0.15) is 11.8 Å². The molecule has 0 spiro atoms. The highest BCUT2D eigenvalue weighted by molar-refractivity contribution is 6.45. The maximum absolute atomic E-state index is 8.67. The van der Waals surface area contributed by atoms with Crippen molar-refractivity contribution < 1.29 is 4.74 Å². The van der Waals surface area contributed by atoms with Crippen LogP contribution in [0, 0.1) is 11.3 Å². The third-order valence-electron chi connectivity index (χ3n) is 2.87. The van der Waals surface area contributed by atoms with Gasteiger partial charge in [0.15, 0.2) is 6.61 Å². The van der Waals surface area contributed by atoms with E-state index in [0.717, 1.165) is 11.1 Å². The Morgan fingerprint density at radius 3 is 3.00 bits per heavy atom. The summed E-state index contributed by atoms with van der Waals surface area (Å²) in [6.45, 7) is -0.0678. The molecule has 0 unspecified atom stereocenters. The normalized spacial score (nSPS) is 10.7. The average Bonchev–Trinajstić information content (AvgIpc) is 3.09. The first-order chi connectivity index (χ1) is 9.72. The molecular formula is C13H8Cl2N4O. The summed E-state index contributed by atoms with van der Waals surface area (Å²) in [7, 11) is 0. The highest BCUT2D eigenvalue weighted by Gasteiger charge is 2.17. The topological polar surface area (TPSA) is 66.6 Å². The van der Waals surface area contributed by atoms with E-state index in [1.54, 1.807) is 31.0 Å². The summed E-state index contributed by atoms with van der Waals surface area (Å²) in [6, 6.07) is 3.54. The molecule has 0 bridgehead atoms. The molecule has 1 aromatic carbocycles. The number of benzene rings is 1. The minimum atomic E-state index is -0.0678. The summed E-state index contributed by atoms with van der Waals surface area (Å²) in [5, 5.41) is 10.2. The monoisotopic (exact) mass is 306 g/mol. The summed E-state index contributed by atoms with van der Waals surface area (Å²) in [6.07, 6.45) is 6.93. The largest absolute Gasteiger partial charge is 0.478 e. The molecule has 20 heavy (non-hydrogen) atoms. The highest BCUT2D eigenvalue weighted by atomic mass is 35.5. The van der Waals surface area contributed by atoms with Crippen LogP contribution in [0.3, 0.4) is 0 Å². The molecule has 3 rings (SSSR count). The van der Waals surface area contributed by atoms with Crippen molar-refractivity contribution in [3.05, 3.63) is 41.0 Å². The van der Waals surface area contributed by atoms with E-state index in [1.807, 2.05) is 10.6 Å². The van der Waals surface area contributed by atoms with Gasteiger partial charge in [0, 0.05) is 24.7 Å². The number of nitrogens with zero attached hydrogens (tertiary/aromatic N) is 3. The predicted molar refractivity (Wildman–Crippen MR) is 76.5 cm³/mol. The Bertz CT molecular complexity index is 802. The van der Waals surface area contributed by atoms with Gasteiger partial charge in [0.05, 0.1) is 33.0 Å². The average molecular weight is 307 g/mol. The first kappa shape index (κ1) is 12.9. The van der Waals surface area contributed by atoms with E-state index in [0.29, 0.717) is 21.3 Å². The van der Waals surface area contributed by atoms with Gasteiger partial charge in [0.2, 0.25) is 0 Å². The SMILES string of the molecule is N#CCOc1cc(Cl)c(Cl)c2[nH]cc(-n3ccnc3)c12. The van der Waals surface area contributed by atoms with Crippen LogP contribution in [0.25, 0.3) is 16.6 Å². The van der Waals surface area contributed by atoms with Gasteiger partial charge in [-0.15, -0.1) is 0 Å². The third-order valence-corrected chi connectivity index (χ3v) is 3.65. The number of imidazole rings is 1. The zero-order valence-corrected chi connectivity index (χ0v) is 11.6. The predicted octanol–water partition coefficient (Wildman–Crippen LogP) is 3.56. The molecule has 0 radical (unpaired) electrons. The quantitative estimate of drug-likeness (QED) is 0.804. The van der Waals surface area contributed by atoms with Gasteiger partial charge < -0.3 is 14.3 Å². The Hall–Kier alpha value is -2.16. The molecule has 0 aliphatic rings. The van der Waals surface area contributed by atoms with Crippen molar-refractivity contribution in [1.29, 1.82) is 5.26 Å². The summed E-state index contributed by atoms with van der Waals surface area (Å²) in [4.78, 5) is 7.09. The molecule has 0 saturated carbocycles. The molecule has 2 heterocycles. The maximum Gasteiger partial charge on any atom is 0.174 e. The van der Waals surface area contributed by atoms with Gasteiger partial charge in [-0.3, -0.25) is 0 Å². The first-order valence-electron chi connectivity index (χ1n) is 5.69. The number of aromatic amines is 1. The Kier molecular flexibility index (Phi) is 3.26. The number of halogens is 2. The van der Waals surface area contributed by atoms with Crippen molar-refractivity contribution in [1.82, 2.24) is 14.5 Å². The molecule has 0 atom stereocenters. The molecule has 0 amide bonds. The van der Waals surface area contributed by atoms with Crippen LogP contribution in [0.15, 0.2) is 31.0 Å². The lowest BCUT2D eigenvalue weighted by atomic mass is 10.2. The number of hydrogen-bond acceptors (Lipinski definition) is 3. The van der Waals surface area contributed by atoms with E-state index in [-0.39, 0.29) is 6.61 Å². The molecule has 7 heteroatoms. The maximum atomic E-state index is 8.67. The first-order valence-corrected chi connectivity index (χ1v) is 6.45. The van der Waals surface area contributed by atoms with Crippen molar-refractivity contribution >= 4 is 34.1 Å². The van der Waals surface area contributed by atoms with Crippen molar-refractivity contribution in [2.24, 2.45) is 0 Å². The van der Waals surface area contributed by atoms with Gasteiger partial charge in [0.25, 0.3) is 0 Å². The van der Waals surface area contributed by atoms with Crippen molar-refractivity contribution in [3.63, 3.8) is 0 Å². The standard InChI is InChI=1S/C13H8Cl2N4O/c14-8-5-10(20-4-1-16)11-9(19-3-2-17-7-19)6-18-13(11)12(8)15/h2-3,5-7,18H,4H2. The number of nitriles is 1. The second-order valence-corrected chi connectivity index (χ2v) is 4.80. The lowest BCUT2D eigenvalue weighted by Crippen LogP contribution is -1.96. The number of ether oxygens (including phenoxy) is 1. The number of rotatable bonds is 3. The van der Waals surface area contributed by atoms with Crippen LogP contribution >= 0.6 is 23.2 Å². The molecule has 5 nitrogen and oxygen atoms in total. The minimum absolute atomic E-state index is 0.0678. The van der Waals surface area contributed by atoms with Gasteiger partial charge in [-0.2, -0.15) is 5.26 Å².